The first-order chi connectivity index (χ1) is 13.0. The van der Waals surface area contributed by atoms with Crippen molar-refractivity contribution >= 4 is 18.0 Å². The zero-order valence-electron chi connectivity index (χ0n) is 16.4. The van der Waals surface area contributed by atoms with E-state index < -0.39 is 47.1 Å². The van der Waals surface area contributed by atoms with Gasteiger partial charge in [-0.2, -0.15) is 0 Å². The lowest BCUT2D eigenvalue weighted by atomic mass is 9.72. The summed E-state index contributed by atoms with van der Waals surface area (Å²) in [6, 6.07) is 0. The Labute approximate surface area is 163 Å². The molecule has 162 valence electrons. The Balaban J connectivity index is 2.52. The van der Waals surface area contributed by atoms with E-state index in [1.165, 1.54) is 6.92 Å². The van der Waals surface area contributed by atoms with Crippen LogP contribution in [0.3, 0.4) is 0 Å². The minimum atomic E-state index is -1.31. The average Bonchev–Trinajstić information content (AvgIpc) is 2.57. The molecule has 0 aromatic carbocycles. The molecule has 28 heavy (non-hydrogen) atoms. The van der Waals surface area contributed by atoms with Gasteiger partial charge in [0.15, 0.2) is 6.10 Å². The second-order valence-corrected chi connectivity index (χ2v) is 7.42. The smallest absolute Gasteiger partial charge is 0.410 e. The Bertz CT molecular complexity index is 533. The highest BCUT2D eigenvalue weighted by Crippen LogP contribution is 2.38. The minimum Gasteiger partial charge on any atom is -0.481 e. The van der Waals surface area contributed by atoms with Crippen LogP contribution in [0.5, 0.6) is 0 Å². The molecule has 4 N–H and O–H groups in total. The summed E-state index contributed by atoms with van der Waals surface area (Å²) in [6.45, 7) is 4.66. The van der Waals surface area contributed by atoms with Crippen molar-refractivity contribution in [3.63, 3.8) is 0 Å². The number of ether oxygens (including phenoxy) is 2. The molecule has 11 nitrogen and oxygen atoms in total. The van der Waals surface area contributed by atoms with Gasteiger partial charge in [-0.1, -0.05) is 33.1 Å². The third-order valence-corrected chi connectivity index (χ3v) is 4.65. The molecule has 1 aliphatic carbocycles. The molecule has 0 saturated heterocycles. The van der Waals surface area contributed by atoms with Gasteiger partial charge < -0.3 is 19.9 Å². The van der Waals surface area contributed by atoms with E-state index in [1.807, 2.05) is 0 Å². The fraction of sp³-hybridized carbons (Fsp3) is 0.824. The Hall–Kier alpha value is -1.95. The number of carbonyl (C=O) groups is 3. The van der Waals surface area contributed by atoms with Gasteiger partial charge in [-0.15, -0.1) is 0 Å². The molecule has 1 aliphatic rings. The van der Waals surface area contributed by atoms with Crippen LogP contribution in [0.1, 0.15) is 59.3 Å². The number of aliphatic carboxylic acids is 1. The van der Waals surface area contributed by atoms with Gasteiger partial charge in [-0.3, -0.25) is 15.2 Å². The van der Waals surface area contributed by atoms with E-state index in [0.717, 1.165) is 19.3 Å². The van der Waals surface area contributed by atoms with E-state index in [4.69, 9.17) is 25.0 Å². The maximum atomic E-state index is 12.0. The largest absolute Gasteiger partial charge is 0.481 e. The van der Waals surface area contributed by atoms with Crippen LogP contribution in [0.2, 0.25) is 0 Å². The van der Waals surface area contributed by atoms with Crippen molar-refractivity contribution < 1.29 is 44.2 Å². The summed E-state index contributed by atoms with van der Waals surface area (Å²) >= 11 is 0. The minimum absolute atomic E-state index is 0.0377. The molecule has 1 rings (SSSR count). The molecular weight excluding hydrogens is 376 g/mol. The van der Waals surface area contributed by atoms with Crippen molar-refractivity contribution in [1.82, 2.24) is 10.7 Å². The number of nitrogens with zero attached hydrogens (tertiary/aromatic N) is 1. The molecule has 11 heteroatoms. The lowest BCUT2D eigenvalue weighted by Crippen LogP contribution is -2.42. The summed E-state index contributed by atoms with van der Waals surface area (Å²) in [5.41, 5.74) is -0.509. The van der Waals surface area contributed by atoms with Crippen LogP contribution in [0.4, 0.5) is 4.79 Å². The highest BCUT2D eigenvalue weighted by atomic mass is 17.1. The first kappa shape index (κ1) is 24.1. The van der Waals surface area contributed by atoms with Crippen molar-refractivity contribution in [2.45, 2.75) is 71.7 Å². The predicted molar refractivity (Wildman–Crippen MR) is 92.9 cm³/mol. The maximum absolute atomic E-state index is 12.0. The van der Waals surface area contributed by atoms with Crippen LogP contribution >= 0.6 is 0 Å². The van der Waals surface area contributed by atoms with Gasteiger partial charge in [0.1, 0.15) is 0 Å². The molecule has 1 unspecified atom stereocenters. The highest BCUT2D eigenvalue weighted by molar-refractivity contribution is 5.75. The number of nitrogens with one attached hydrogen (secondary N) is 1. The molecular formula is C17H30N2O9. The van der Waals surface area contributed by atoms with E-state index in [0.29, 0.717) is 12.8 Å². The molecule has 0 radical (unpaired) electrons. The van der Waals surface area contributed by atoms with Gasteiger partial charge >= 0.3 is 18.0 Å². The van der Waals surface area contributed by atoms with Crippen LogP contribution in [0, 0.1) is 11.3 Å². The summed E-state index contributed by atoms with van der Waals surface area (Å²) in [5, 5.41) is 28.5. The standard InChI is InChI=1S/C17H30N2O9/c1-11(2)14(28-19(24)25)15(22)26-12(3)27-16(23)18-10-17(9-13(20)21)7-5-4-6-8-17/h11-12,14,24-25H,4-10H2,1-3H3,(H,18,23)(H,20,21)/t12?,14-/m1/s1. The Morgan fingerprint density at radius 1 is 1.07 bits per heavy atom. The van der Waals surface area contributed by atoms with Gasteiger partial charge in [-0.05, 0) is 24.2 Å². The van der Waals surface area contributed by atoms with Crippen molar-refractivity contribution in [3.05, 3.63) is 0 Å². The van der Waals surface area contributed by atoms with Gasteiger partial charge in [-0.25, -0.2) is 14.4 Å². The van der Waals surface area contributed by atoms with Gasteiger partial charge in [0, 0.05) is 13.5 Å². The molecule has 0 heterocycles. The molecule has 0 spiro atoms. The molecule has 0 bridgehead atoms. The number of hydrogen-bond acceptors (Lipinski definition) is 9. The molecule has 0 aliphatic heterocycles. The van der Waals surface area contributed by atoms with Gasteiger partial charge in [0.2, 0.25) is 6.29 Å². The first-order valence-corrected chi connectivity index (χ1v) is 9.26. The average molecular weight is 406 g/mol. The zero-order valence-corrected chi connectivity index (χ0v) is 16.4. The summed E-state index contributed by atoms with van der Waals surface area (Å²) in [4.78, 5) is 39.7. The van der Waals surface area contributed by atoms with Crippen LogP contribution in [0.25, 0.3) is 0 Å². The number of esters is 1. The lowest BCUT2D eigenvalue weighted by Gasteiger charge is -2.36. The Kier molecular flexibility index (Phi) is 9.59. The summed E-state index contributed by atoms with van der Waals surface area (Å²) in [6.07, 6.45) is 0.801. The molecule has 0 aromatic rings. The van der Waals surface area contributed by atoms with Crippen molar-refractivity contribution in [2.75, 3.05) is 6.54 Å². The summed E-state index contributed by atoms with van der Waals surface area (Å²) in [7, 11) is 0. The fourth-order valence-electron chi connectivity index (χ4n) is 3.28. The summed E-state index contributed by atoms with van der Waals surface area (Å²) < 4.78 is 9.90. The van der Waals surface area contributed by atoms with Crippen LogP contribution in [-0.4, -0.2) is 57.9 Å². The summed E-state index contributed by atoms with van der Waals surface area (Å²) in [5.74, 6) is -2.31. The van der Waals surface area contributed by atoms with Gasteiger partial charge in [0.25, 0.3) is 0 Å². The van der Waals surface area contributed by atoms with Crippen molar-refractivity contribution in [1.29, 1.82) is 0 Å². The second kappa shape index (κ2) is 11.1. The Morgan fingerprint density at radius 2 is 1.68 bits per heavy atom. The number of carboxylic acid groups (broad SMARTS) is 1. The van der Waals surface area contributed by atoms with E-state index in [-0.39, 0.29) is 13.0 Å². The van der Waals surface area contributed by atoms with Crippen LogP contribution in [0.15, 0.2) is 0 Å². The number of alkyl carbamates (subject to hydrolysis) is 1. The predicted octanol–water partition coefficient (Wildman–Crippen LogP) is 2.06. The highest BCUT2D eigenvalue weighted by Gasteiger charge is 2.35. The third kappa shape index (κ3) is 8.38. The second-order valence-electron chi connectivity index (χ2n) is 7.42. The topological polar surface area (TPSA) is 155 Å². The normalized spacial score (nSPS) is 18.4. The number of carboxylic acids is 1. The van der Waals surface area contributed by atoms with Crippen LogP contribution < -0.4 is 5.32 Å². The van der Waals surface area contributed by atoms with Crippen molar-refractivity contribution in [2.24, 2.45) is 11.3 Å². The van der Waals surface area contributed by atoms with Crippen molar-refractivity contribution in [3.8, 4) is 0 Å². The lowest BCUT2D eigenvalue weighted by molar-refractivity contribution is -0.504. The van der Waals surface area contributed by atoms with E-state index in [9.17, 15) is 14.4 Å². The molecule has 1 fully saturated rings. The molecule has 1 amide bonds. The number of amides is 1. The quantitative estimate of drug-likeness (QED) is 0.241. The Morgan fingerprint density at radius 3 is 2.18 bits per heavy atom. The van der Waals surface area contributed by atoms with E-state index in [1.54, 1.807) is 13.8 Å². The molecule has 2 atom stereocenters. The van der Waals surface area contributed by atoms with E-state index in [2.05, 4.69) is 10.2 Å². The van der Waals surface area contributed by atoms with Crippen LogP contribution in [-0.2, 0) is 23.9 Å². The maximum Gasteiger partial charge on any atom is 0.410 e. The fourth-order valence-corrected chi connectivity index (χ4v) is 3.28. The SMILES string of the molecule is CC(OC(=O)NCC1(CC(=O)O)CCCCC1)OC(=O)[C@H](ON(O)O)C(C)C. The molecule has 1 saturated carbocycles. The third-order valence-electron chi connectivity index (χ3n) is 4.65. The van der Waals surface area contributed by atoms with E-state index >= 15 is 0 Å². The first-order valence-electron chi connectivity index (χ1n) is 9.26. The zero-order chi connectivity index (χ0) is 21.3. The number of carbonyl (C=O) groups excluding carboxylic acids is 2. The van der Waals surface area contributed by atoms with Gasteiger partial charge in [0.05, 0.1) is 11.8 Å². The number of rotatable bonds is 10. The number of hydrogen-bond donors (Lipinski definition) is 4. The monoisotopic (exact) mass is 406 g/mol. The molecule has 0 aromatic heterocycles.